The first kappa shape index (κ1) is 17.6. The van der Waals surface area contributed by atoms with E-state index in [9.17, 15) is 9.50 Å². The number of nitrogens with zero attached hydrogens (tertiary/aromatic N) is 2. The van der Waals surface area contributed by atoms with Crippen LogP contribution in [0.3, 0.4) is 0 Å². The van der Waals surface area contributed by atoms with Gasteiger partial charge < -0.3 is 5.11 Å². The number of aliphatic hydroxyl groups is 1. The van der Waals surface area contributed by atoms with Crippen molar-refractivity contribution in [1.82, 2.24) is 9.80 Å². The fourth-order valence-corrected chi connectivity index (χ4v) is 3.92. The molecule has 1 aromatic rings. The third-order valence-electron chi connectivity index (χ3n) is 5.28. The normalized spacial score (nSPS) is 27.4. The zero-order valence-corrected chi connectivity index (χ0v) is 14.4. The largest absolute Gasteiger partial charge is 0.390 e. The molecule has 2 aliphatic heterocycles. The van der Waals surface area contributed by atoms with Gasteiger partial charge in [-0.3, -0.25) is 9.80 Å². The first-order valence-corrected chi connectivity index (χ1v) is 9.29. The van der Waals surface area contributed by atoms with Crippen LogP contribution in [-0.4, -0.2) is 59.8 Å². The number of aliphatic hydroxyl groups excluding tert-OH is 1. The maximum Gasteiger partial charge on any atom is 0.123 e. The highest BCUT2D eigenvalue weighted by Gasteiger charge is 2.31. The van der Waals surface area contributed by atoms with E-state index >= 15 is 0 Å². The van der Waals surface area contributed by atoms with E-state index in [1.165, 1.54) is 37.8 Å². The maximum absolute atomic E-state index is 12.9. The smallest absolute Gasteiger partial charge is 0.123 e. The lowest BCUT2D eigenvalue weighted by atomic mass is 9.99. The molecule has 2 atom stereocenters. The molecule has 0 saturated carbocycles. The summed E-state index contributed by atoms with van der Waals surface area (Å²) in [5.41, 5.74) is 1.01. The van der Waals surface area contributed by atoms with Crippen molar-refractivity contribution < 1.29 is 9.50 Å². The minimum Gasteiger partial charge on any atom is -0.390 e. The van der Waals surface area contributed by atoms with Crippen molar-refractivity contribution in [2.24, 2.45) is 0 Å². The summed E-state index contributed by atoms with van der Waals surface area (Å²) in [7, 11) is 0. The molecule has 0 unspecified atom stereocenters. The van der Waals surface area contributed by atoms with Gasteiger partial charge in [0.1, 0.15) is 5.82 Å². The van der Waals surface area contributed by atoms with E-state index in [2.05, 4.69) is 15.9 Å². The van der Waals surface area contributed by atoms with Gasteiger partial charge in [0, 0.05) is 25.7 Å². The lowest BCUT2D eigenvalue weighted by Crippen LogP contribution is -2.54. The summed E-state index contributed by atoms with van der Waals surface area (Å²) in [5.74, 6) is -0.203. The Morgan fingerprint density at radius 1 is 1.04 bits per heavy atom. The van der Waals surface area contributed by atoms with Crippen molar-refractivity contribution in [2.45, 2.75) is 44.2 Å². The van der Waals surface area contributed by atoms with Crippen LogP contribution >= 0.6 is 0 Å². The van der Waals surface area contributed by atoms with E-state index in [0.29, 0.717) is 6.04 Å². The number of piperidine rings is 1. The minimum absolute atomic E-state index is 0.203. The Balaban J connectivity index is 1.47. The van der Waals surface area contributed by atoms with Crippen LogP contribution in [0.15, 0.2) is 30.3 Å². The number of benzene rings is 1. The van der Waals surface area contributed by atoms with Gasteiger partial charge in [-0.2, -0.15) is 0 Å². The number of hydrogen-bond donors (Lipinski definition) is 1. The molecule has 2 saturated heterocycles. The fraction of sp³-hybridized carbons (Fsp3) is 0.600. The Labute approximate surface area is 144 Å². The summed E-state index contributed by atoms with van der Waals surface area (Å²) < 4.78 is 12.9. The standard InChI is InChI=1S/C20H29FN2O/c21-18-9-7-17(8-10-18)6-5-12-22-15-11-19(20(24)16-22)23-13-3-1-2-4-14-23/h5-10,19-20,24H,1-4,11-16H2/b6-5+/t19-,20-/m1/s1. The van der Waals surface area contributed by atoms with Gasteiger partial charge in [0.25, 0.3) is 0 Å². The van der Waals surface area contributed by atoms with Crippen molar-refractivity contribution >= 4 is 6.08 Å². The molecule has 0 spiro atoms. The van der Waals surface area contributed by atoms with E-state index < -0.39 is 0 Å². The highest BCUT2D eigenvalue weighted by molar-refractivity contribution is 5.48. The summed E-state index contributed by atoms with van der Waals surface area (Å²) in [6.07, 6.45) is 10.1. The zero-order chi connectivity index (χ0) is 16.8. The summed E-state index contributed by atoms with van der Waals surface area (Å²) in [4.78, 5) is 4.82. The Morgan fingerprint density at radius 3 is 2.42 bits per heavy atom. The molecular formula is C20H29FN2O. The molecule has 2 fully saturated rings. The minimum atomic E-state index is -0.254. The van der Waals surface area contributed by atoms with Crippen LogP contribution in [0, 0.1) is 5.82 Å². The Bertz CT molecular complexity index is 523. The second-order valence-corrected chi connectivity index (χ2v) is 7.09. The Kier molecular flexibility index (Phi) is 6.41. The first-order chi connectivity index (χ1) is 11.7. The van der Waals surface area contributed by atoms with Crippen LogP contribution in [0.4, 0.5) is 4.39 Å². The van der Waals surface area contributed by atoms with E-state index in [1.54, 1.807) is 12.1 Å². The molecule has 0 radical (unpaired) electrons. The monoisotopic (exact) mass is 332 g/mol. The van der Waals surface area contributed by atoms with E-state index in [1.807, 2.05) is 6.08 Å². The Morgan fingerprint density at radius 2 is 1.75 bits per heavy atom. The molecular weight excluding hydrogens is 303 g/mol. The highest BCUT2D eigenvalue weighted by atomic mass is 19.1. The third kappa shape index (κ3) is 4.88. The van der Waals surface area contributed by atoms with Crippen LogP contribution < -0.4 is 0 Å². The quantitative estimate of drug-likeness (QED) is 0.917. The molecule has 4 heteroatoms. The molecule has 1 aromatic carbocycles. The number of hydrogen-bond acceptors (Lipinski definition) is 3. The van der Waals surface area contributed by atoms with Gasteiger partial charge in [0.15, 0.2) is 0 Å². The molecule has 3 rings (SSSR count). The third-order valence-corrected chi connectivity index (χ3v) is 5.28. The molecule has 2 aliphatic rings. The van der Waals surface area contributed by atoms with Crippen molar-refractivity contribution in [3.63, 3.8) is 0 Å². The van der Waals surface area contributed by atoms with Gasteiger partial charge in [-0.05, 0) is 50.0 Å². The number of β-amino-alcohol motifs (C(OH)–C–C–N with tert-alkyl or cyclic N) is 1. The predicted molar refractivity (Wildman–Crippen MR) is 96.3 cm³/mol. The van der Waals surface area contributed by atoms with E-state index in [-0.39, 0.29) is 11.9 Å². The molecule has 0 aromatic heterocycles. The second kappa shape index (κ2) is 8.75. The van der Waals surface area contributed by atoms with Gasteiger partial charge in [0.05, 0.1) is 6.10 Å². The van der Waals surface area contributed by atoms with Gasteiger partial charge in [-0.1, -0.05) is 37.1 Å². The number of likely N-dealkylation sites (tertiary alicyclic amines) is 2. The fourth-order valence-electron chi connectivity index (χ4n) is 3.92. The van der Waals surface area contributed by atoms with Crippen LogP contribution in [0.25, 0.3) is 6.08 Å². The average Bonchev–Trinajstić information content (AvgIpc) is 2.86. The van der Waals surface area contributed by atoms with Gasteiger partial charge in [-0.25, -0.2) is 4.39 Å². The molecule has 3 nitrogen and oxygen atoms in total. The average molecular weight is 332 g/mol. The maximum atomic E-state index is 12.9. The molecule has 0 bridgehead atoms. The SMILES string of the molecule is O[C@@H]1CN(C/C=C/c2ccc(F)cc2)CC[C@H]1N1CCCCCC1. The van der Waals surface area contributed by atoms with Gasteiger partial charge in [0.2, 0.25) is 0 Å². The van der Waals surface area contributed by atoms with Crippen molar-refractivity contribution in [2.75, 3.05) is 32.7 Å². The summed E-state index contributed by atoms with van der Waals surface area (Å²) in [6.45, 7) is 4.90. The van der Waals surface area contributed by atoms with Crippen LogP contribution in [0.5, 0.6) is 0 Å². The van der Waals surface area contributed by atoms with Gasteiger partial charge in [-0.15, -0.1) is 0 Å². The molecule has 0 amide bonds. The van der Waals surface area contributed by atoms with Crippen molar-refractivity contribution in [1.29, 1.82) is 0 Å². The van der Waals surface area contributed by atoms with Crippen LogP contribution in [0.2, 0.25) is 0 Å². The van der Waals surface area contributed by atoms with Crippen LogP contribution in [0.1, 0.15) is 37.7 Å². The van der Waals surface area contributed by atoms with E-state index in [0.717, 1.165) is 44.7 Å². The van der Waals surface area contributed by atoms with E-state index in [4.69, 9.17) is 0 Å². The Hall–Kier alpha value is -1.23. The topological polar surface area (TPSA) is 26.7 Å². The molecule has 132 valence electrons. The van der Waals surface area contributed by atoms with Crippen molar-refractivity contribution in [3.8, 4) is 0 Å². The molecule has 2 heterocycles. The second-order valence-electron chi connectivity index (χ2n) is 7.09. The zero-order valence-electron chi connectivity index (χ0n) is 14.4. The van der Waals surface area contributed by atoms with Crippen molar-refractivity contribution in [3.05, 3.63) is 41.7 Å². The molecule has 1 N–H and O–H groups in total. The molecule has 24 heavy (non-hydrogen) atoms. The predicted octanol–water partition coefficient (Wildman–Crippen LogP) is 3.15. The first-order valence-electron chi connectivity index (χ1n) is 9.29. The summed E-state index contributed by atoms with van der Waals surface area (Å²) in [6, 6.07) is 6.87. The molecule has 0 aliphatic carbocycles. The lowest BCUT2D eigenvalue weighted by Gasteiger charge is -2.41. The number of rotatable bonds is 4. The summed E-state index contributed by atoms with van der Waals surface area (Å²) >= 11 is 0. The summed E-state index contributed by atoms with van der Waals surface area (Å²) in [5, 5.41) is 10.6. The van der Waals surface area contributed by atoms with Gasteiger partial charge >= 0.3 is 0 Å². The highest BCUT2D eigenvalue weighted by Crippen LogP contribution is 2.21. The number of halogens is 1. The van der Waals surface area contributed by atoms with Crippen LogP contribution in [-0.2, 0) is 0 Å². The lowest BCUT2D eigenvalue weighted by molar-refractivity contribution is -0.00866.